The highest BCUT2D eigenvalue weighted by molar-refractivity contribution is 5.72. The normalized spacial score (nSPS) is 19.4. The summed E-state index contributed by atoms with van der Waals surface area (Å²) in [5.74, 6) is -0.226. The van der Waals surface area contributed by atoms with Crippen LogP contribution in [0.15, 0.2) is 30.3 Å². The number of carbonyl (C=O) groups is 1. The Labute approximate surface area is 120 Å². The largest absolute Gasteiger partial charge is 0.459 e. The van der Waals surface area contributed by atoms with Crippen LogP contribution in [-0.4, -0.2) is 36.9 Å². The van der Waals surface area contributed by atoms with Gasteiger partial charge in [-0.25, -0.2) is 0 Å². The van der Waals surface area contributed by atoms with E-state index in [9.17, 15) is 4.79 Å². The lowest BCUT2D eigenvalue weighted by Crippen LogP contribution is -2.41. The quantitative estimate of drug-likeness (QED) is 0.637. The zero-order valence-corrected chi connectivity index (χ0v) is 12.4. The number of carbonyl (C=O) groups excluding carboxylic acids is 1. The predicted octanol–water partition coefficient (Wildman–Crippen LogP) is 1.93. The van der Waals surface area contributed by atoms with Crippen LogP contribution in [0.2, 0.25) is 0 Å². The molecule has 0 radical (unpaired) electrons. The van der Waals surface area contributed by atoms with Crippen molar-refractivity contribution in [2.24, 2.45) is 0 Å². The van der Waals surface area contributed by atoms with E-state index in [0.717, 1.165) is 13.0 Å². The summed E-state index contributed by atoms with van der Waals surface area (Å²) < 4.78 is 10.7. The second-order valence-corrected chi connectivity index (χ2v) is 6.14. The van der Waals surface area contributed by atoms with Crippen LogP contribution < -0.4 is 5.32 Å². The molecule has 0 amide bonds. The molecule has 2 unspecified atom stereocenters. The molecule has 1 N–H and O–H groups in total. The Bertz CT molecular complexity index is 435. The van der Waals surface area contributed by atoms with Crippen molar-refractivity contribution in [2.45, 2.75) is 44.9 Å². The molecule has 0 spiro atoms. The molecule has 4 nitrogen and oxygen atoms in total. The fourth-order valence-electron chi connectivity index (χ4n) is 2.08. The van der Waals surface area contributed by atoms with E-state index >= 15 is 0 Å². The van der Waals surface area contributed by atoms with Gasteiger partial charge in [0, 0.05) is 6.04 Å². The van der Waals surface area contributed by atoms with Crippen molar-refractivity contribution in [3.8, 4) is 0 Å². The number of rotatable bonds is 6. The van der Waals surface area contributed by atoms with Gasteiger partial charge in [-0.05, 0) is 32.8 Å². The second-order valence-electron chi connectivity index (χ2n) is 6.14. The molecule has 1 aromatic rings. The molecular formula is C16H23NO3. The highest BCUT2D eigenvalue weighted by Gasteiger charge is 2.33. The van der Waals surface area contributed by atoms with Gasteiger partial charge in [0.2, 0.25) is 0 Å². The Hall–Kier alpha value is -1.39. The average molecular weight is 277 g/mol. The van der Waals surface area contributed by atoms with Crippen molar-refractivity contribution in [3.05, 3.63) is 35.9 Å². The standard InChI is InChI=1S/C16H23NO3/c1-16(2,3)20-15(18)10-17-13(14-11-19-14)9-12-7-5-4-6-8-12/h4-8,13-14,17H,9-11H2,1-3H3. The third-order valence-corrected chi connectivity index (χ3v) is 3.03. The van der Waals surface area contributed by atoms with Gasteiger partial charge in [-0.2, -0.15) is 0 Å². The highest BCUT2D eigenvalue weighted by Crippen LogP contribution is 2.18. The minimum absolute atomic E-state index is 0.157. The minimum atomic E-state index is -0.441. The maximum atomic E-state index is 11.7. The van der Waals surface area contributed by atoms with Gasteiger partial charge in [0.05, 0.1) is 19.3 Å². The highest BCUT2D eigenvalue weighted by atomic mass is 16.6. The molecule has 20 heavy (non-hydrogen) atoms. The summed E-state index contributed by atoms with van der Waals surface area (Å²) in [7, 11) is 0. The lowest BCUT2D eigenvalue weighted by molar-refractivity contribution is -0.153. The van der Waals surface area contributed by atoms with Crippen LogP contribution in [0.4, 0.5) is 0 Å². The van der Waals surface area contributed by atoms with E-state index in [-0.39, 0.29) is 24.7 Å². The number of hydrogen-bond donors (Lipinski definition) is 1. The first-order chi connectivity index (χ1) is 9.44. The van der Waals surface area contributed by atoms with Crippen molar-refractivity contribution in [3.63, 3.8) is 0 Å². The van der Waals surface area contributed by atoms with Crippen molar-refractivity contribution >= 4 is 5.97 Å². The summed E-state index contributed by atoms with van der Waals surface area (Å²) >= 11 is 0. The number of hydrogen-bond acceptors (Lipinski definition) is 4. The Morgan fingerprint density at radius 2 is 2.05 bits per heavy atom. The molecule has 110 valence electrons. The molecule has 0 saturated carbocycles. The van der Waals surface area contributed by atoms with Crippen LogP contribution in [0.5, 0.6) is 0 Å². The first-order valence-corrected chi connectivity index (χ1v) is 7.05. The minimum Gasteiger partial charge on any atom is -0.459 e. The summed E-state index contributed by atoms with van der Waals surface area (Å²) in [6, 6.07) is 10.4. The molecule has 1 heterocycles. The van der Waals surface area contributed by atoms with E-state index in [1.54, 1.807) is 0 Å². The van der Waals surface area contributed by atoms with E-state index in [0.29, 0.717) is 0 Å². The summed E-state index contributed by atoms with van der Waals surface area (Å²) in [4.78, 5) is 11.7. The van der Waals surface area contributed by atoms with Crippen molar-refractivity contribution in [1.29, 1.82) is 0 Å². The second kappa shape index (κ2) is 6.37. The number of esters is 1. The Morgan fingerprint density at radius 1 is 1.40 bits per heavy atom. The molecule has 1 aliphatic rings. The van der Waals surface area contributed by atoms with Gasteiger partial charge in [0.25, 0.3) is 0 Å². The first kappa shape index (κ1) is 15.0. The van der Waals surface area contributed by atoms with Gasteiger partial charge in [-0.1, -0.05) is 30.3 Å². The van der Waals surface area contributed by atoms with Crippen LogP contribution in [0.3, 0.4) is 0 Å². The topological polar surface area (TPSA) is 50.9 Å². The molecule has 0 aromatic heterocycles. The molecular weight excluding hydrogens is 254 g/mol. The fourth-order valence-corrected chi connectivity index (χ4v) is 2.08. The maximum Gasteiger partial charge on any atom is 0.320 e. The molecule has 1 saturated heterocycles. The summed E-state index contributed by atoms with van der Waals surface area (Å²) in [5, 5.41) is 3.25. The van der Waals surface area contributed by atoms with E-state index < -0.39 is 5.60 Å². The van der Waals surface area contributed by atoms with Crippen LogP contribution in [0.1, 0.15) is 26.3 Å². The first-order valence-electron chi connectivity index (χ1n) is 7.05. The van der Waals surface area contributed by atoms with Crippen LogP contribution in [-0.2, 0) is 20.7 Å². The molecule has 2 rings (SSSR count). The molecule has 0 bridgehead atoms. The monoisotopic (exact) mass is 277 g/mol. The van der Waals surface area contributed by atoms with E-state index in [1.165, 1.54) is 5.56 Å². The zero-order chi connectivity index (χ0) is 14.6. The number of benzene rings is 1. The van der Waals surface area contributed by atoms with E-state index in [4.69, 9.17) is 9.47 Å². The van der Waals surface area contributed by atoms with Gasteiger partial charge in [-0.15, -0.1) is 0 Å². The Morgan fingerprint density at radius 3 is 2.60 bits per heavy atom. The maximum absolute atomic E-state index is 11.7. The van der Waals surface area contributed by atoms with Gasteiger partial charge in [0.1, 0.15) is 5.60 Å². The Kier molecular flexibility index (Phi) is 4.78. The lowest BCUT2D eigenvalue weighted by atomic mass is 10.0. The lowest BCUT2D eigenvalue weighted by Gasteiger charge is -2.21. The predicted molar refractivity (Wildman–Crippen MR) is 77.5 cm³/mol. The fraction of sp³-hybridized carbons (Fsp3) is 0.562. The number of epoxide rings is 1. The molecule has 0 aliphatic carbocycles. The summed E-state index contributed by atoms with van der Waals surface area (Å²) in [5.41, 5.74) is 0.800. The van der Waals surface area contributed by atoms with Crippen molar-refractivity contribution in [1.82, 2.24) is 5.32 Å². The van der Waals surface area contributed by atoms with Gasteiger partial charge >= 0.3 is 5.97 Å². The van der Waals surface area contributed by atoms with E-state index in [2.05, 4.69) is 17.4 Å². The molecule has 4 heteroatoms. The number of nitrogens with one attached hydrogen (secondary N) is 1. The van der Waals surface area contributed by atoms with Crippen molar-refractivity contribution in [2.75, 3.05) is 13.2 Å². The van der Waals surface area contributed by atoms with Gasteiger partial charge in [-0.3, -0.25) is 4.79 Å². The van der Waals surface area contributed by atoms with Crippen LogP contribution in [0, 0.1) is 0 Å². The van der Waals surface area contributed by atoms with Gasteiger partial charge in [0.15, 0.2) is 0 Å². The zero-order valence-electron chi connectivity index (χ0n) is 12.4. The molecule has 1 aromatic carbocycles. The summed E-state index contributed by atoms with van der Waals surface area (Å²) in [6.07, 6.45) is 1.06. The third kappa shape index (κ3) is 5.31. The van der Waals surface area contributed by atoms with Crippen molar-refractivity contribution < 1.29 is 14.3 Å². The molecule has 1 fully saturated rings. The smallest absolute Gasteiger partial charge is 0.320 e. The number of ether oxygens (including phenoxy) is 2. The van der Waals surface area contributed by atoms with Crippen LogP contribution in [0.25, 0.3) is 0 Å². The van der Waals surface area contributed by atoms with Gasteiger partial charge < -0.3 is 14.8 Å². The molecule has 2 atom stereocenters. The summed E-state index contributed by atoms with van der Waals surface area (Å²) in [6.45, 7) is 6.59. The average Bonchev–Trinajstić information content (AvgIpc) is 3.18. The third-order valence-electron chi connectivity index (χ3n) is 3.03. The van der Waals surface area contributed by atoms with Crippen LogP contribution >= 0.6 is 0 Å². The van der Waals surface area contributed by atoms with E-state index in [1.807, 2.05) is 39.0 Å². The molecule has 1 aliphatic heterocycles. The Balaban J connectivity index is 1.83. The SMILES string of the molecule is CC(C)(C)OC(=O)CNC(Cc1ccccc1)C1CO1.